The fraction of sp³-hybridized carbons (Fsp3) is 0.240. The summed E-state index contributed by atoms with van der Waals surface area (Å²) in [6, 6.07) is 21.8. The molecule has 3 rings (SSSR count). The molecule has 0 heterocycles. The first kappa shape index (κ1) is 22.5. The zero-order valence-corrected chi connectivity index (χ0v) is 19.0. The van der Waals surface area contributed by atoms with E-state index in [4.69, 9.17) is 0 Å². The second kappa shape index (κ2) is 11.2. The summed E-state index contributed by atoms with van der Waals surface area (Å²) in [7, 11) is 0. The average Bonchev–Trinajstić information content (AvgIpc) is 3.11. The van der Waals surface area contributed by atoms with Crippen LogP contribution in [0.25, 0.3) is 21.9 Å². The molecular formula is C25H28Zr. The van der Waals surface area contributed by atoms with Crippen LogP contribution in [0, 0.1) is 6.08 Å². The van der Waals surface area contributed by atoms with Crippen LogP contribution in [0.4, 0.5) is 0 Å². The summed E-state index contributed by atoms with van der Waals surface area (Å²) < 4.78 is 0. The van der Waals surface area contributed by atoms with Crippen LogP contribution in [0.5, 0.6) is 0 Å². The van der Waals surface area contributed by atoms with Gasteiger partial charge in [-0.15, -0.1) is 48.4 Å². The van der Waals surface area contributed by atoms with E-state index in [2.05, 4.69) is 93.6 Å². The van der Waals surface area contributed by atoms with Crippen LogP contribution in [-0.2, 0) is 32.6 Å². The van der Waals surface area contributed by atoms with E-state index in [1.54, 1.807) is 0 Å². The Bertz CT molecular complexity index is 848. The zero-order valence-electron chi connectivity index (χ0n) is 16.6. The topological polar surface area (TPSA) is 0 Å². The van der Waals surface area contributed by atoms with Gasteiger partial charge in [0, 0.05) is 0 Å². The van der Waals surface area contributed by atoms with Gasteiger partial charge >= 0.3 is 26.2 Å². The van der Waals surface area contributed by atoms with E-state index in [9.17, 15) is 0 Å². The normalized spacial score (nSPS) is 11.6. The first-order valence-electron chi connectivity index (χ1n) is 8.99. The monoisotopic (exact) mass is 418 g/mol. The van der Waals surface area contributed by atoms with Gasteiger partial charge < -0.3 is 0 Å². The molecule has 0 N–H and O–H groups in total. The van der Waals surface area contributed by atoms with Crippen LogP contribution in [-0.4, -0.2) is 0 Å². The maximum absolute atomic E-state index is 3.06. The van der Waals surface area contributed by atoms with E-state index >= 15 is 0 Å². The molecule has 132 valence electrons. The van der Waals surface area contributed by atoms with Gasteiger partial charge in [0.2, 0.25) is 0 Å². The third kappa shape index (κ3) is 5.71. The fourth-order valence-corrected chi connectivity index (χ4v) is 2.78. The number of hydrogen-bond donors (Lipinski definition) is 0. The molecule has 0 fully saturated rings. The summed E-state index contributed by atoms with van der Waals surface area (Å²) in [6.45, 7) is 10.3. The Morgan fingerprint density at radius 1 is 1.04 bits per heavy atom. The van der Waals surface area contributed by atoms with E-state index in [1.165, 1.54) is 38.6 Å². The Balaban J connectivity index is 0.000000325. The molecule has 0 aliphatic rings. The minimum Gasteiger partial charge on any atom is -0.275 e. The van der Waals surface area contributed by atoms with Crippen LogP contribution in [0.15, 0.2) is 77.9 Å². The number of rotatable bonds is 3. The summed E-state index contributed by atoms with van der Waals surface area (Å²) >= 11 is 0. The maximum Gasteiger partial charge on any atom is 2.00 e. The summed E-state index contributed by atoms with van der Waals surface area (Å²) in [5.41, 5.74) is 6.61. The molecule has 0 saturated heterocycles. The van der Waals surface area contributed by atoms with E-state index in [-0.39, 0.29) is 26.2 Å². The van der Waals surface area contributed by atoms with Crippen molar-refractivity contribution in [3.63, 3.8) is 0 Å². The molecule has 0 atom stereocenters. The quantitative estimate of drug-likeness (QED) is 0.304. The van der Waals surface area contributed by atoms with Crippen LogP contribution >= 0.6 is 0 Å². The fourth-order valence-electron chi connectivity index (χ4n) is 2.78. The maximum atomic E-state index is 3.06. The third-order valence-corrected chi connectivity index (χ3v) is 4.70. The zero-order chi connectivity index (χ0) is 18.2. The summed E-state index contributed by atoms with van der Waals surface area (Å²) in [5, 5.41) is 2.72. The number of aryl methyl sites for hydroxylation is 1. The molecule has 0 unspecified atom stereocenters. The Morgan fingerprint density at radius 2 is 1.73 bits per heavy atom. The van der Waals surface area contributed by atoms with Gasteiger partial charge in [-0.25, -0.2) is 11.1 Å². The first-order valence-corrected chi connectivity index (χ1v) is 8.99. The standard InChI is InChI=1S/C17H15.C8H13.Zr/c1-2-13-11-15-9-6-10-16(17(15)12-13)14-7-4-3-5-8-14;1-5-7(3)8(4)6-2;/h3-12H,2H2,1H3;5H,1-4H3;/q2*-1;+2/b;7-5+;. The first-order chi connectivity index (χ1) is 12.1. The molecule has 3 aromatic rings. The van der Waals surface area contributed by atoms with Crippen molar-refractivity contribution in [2.75, 3.05) is 0 Å². The molecule has 0 radical (unpaired) electrons. The van der Waals surface area contributed by atoms with Crippen molar-refractivity contribution in [3.05, 3.63) is 89.5 Å². The number of allylic oxidation sites excluding steroid dienone is 4. The Morgan fingerprint density at radius 3 is 2.27 bits per heavy atom. The van der Waals surface area contributed by atoms with Gasteiger partial charge in [-0.3, -0.25) is 6.08 Å². The molecule has 0 bridgehead atoms. The summed E-state index contributed by atoms with van der Waals surface area (Å²) in [6.07, 6.45) is 6.25. The SMILES string of the molecule is CCc1cc2c(-c3ccccc3)cccc2[cH-]1.C[C-]=C(C)/C(C)=C/C.[Zr+2]. The van der Waals surface area contributed by atoms with Gasteiger partial charge in [-0.05, 0) is 12.0 Å². The van der Waals surface area contributed by atoms with Crippen molar-refractivity contribution in [2.45, 2.75) is 41.0 Å². The van der Waals surface area contributed by atoms with Gasteiger partial charge in [-0.1, -0.05) is 62.7 Å². The largest absolute Gasteiger partial charge is 2.00 e. The molecule has 0 aromatic heterocycles. The predicted molar refractivity (Wildman–Crippen MR) is 112 cm³/mol. The number of benzene rings is 2. The van der Waals surface area contributed by atoms with Crippen molar-refractivity contribution in [1.82, 2.24) is 0 Å². The molecule has 0 amide bonds. The minimum atomic E-state index is 0. The van der Waals surface area contributed by atoms with Crippen LogP contribution in [0.3, 0.4) is 0 Å². The third-order valence-electron chi connectivity index (χ3n) is 4.70. The second-order valence-electron chi connectivity index (χ2n) is 6.24. The van der Waals surface area contributed by atoms with Crippen molar-refractivity contribution >= 4 is 10.8 Å². The van der Waals surface area contributed by atoms with Gasteiger partial charge in [-0.2, -0.15) is 12.1 Å². The molecule has 0 spiro atoms. The number of hydrogen-bond acceptors (Lipinski definition) is 0. The van der Waals surface area contributed by atoms with Gasteiger partial charge in [0.15, 0.2) is 0 Å². The Kier molecular flexibility index (Phi) is 9.67. The Hall–Kier alpha value is -1.59. The molecule has 0 aliphatic carbocycles. The molecule has 0 aliphatic heterocycles. The van der Waals surface area contributed by atoms with Crippen molar-refractivity contribution in [2.24, 2.45) is 0 Å². The smallest absolute Gasteiger partial charge is 0.275 e. The van der Waals surface area contributed by atoms with Crippen molar-refractivity contribution in [3.8, 4) is 11.1 Å². The molecule has 0 saturated carbocycles. The van der Waals surface area contributed by atoms with Crippen molar-refractivity contribution < 1.29 is 26.2 Å². The molecule has 1 heteroatoms. The van der Waals surface area contributed by atoms with Gasteiger partial charge in [0.1, 0.15) is 0 Å². The summed E-state index contributed by atoms with van der Waals surface area (Å²) in [4.78, 5) is 0. The van der Waals surface area contributed by atoms with Gasteiger partial charge in [0.25, 0.3) is 0 Å². The molecule has 3 aromatic carbocycles. The predicted octanol–water partition coefficient (Wildman–Crippen LogP) is 7.51. The van der Waals surface area contributed by atoms with Crippen LogP contribution < -0.4 is 0 Å². The molecule has 26 heavy (non-hydrogen) atoms. The van der Waals surface area contributed by atoms with E-state index in [0.29, 0.717) is 0 Å². The van der Waals surface area contributed by atoms with E-state index in [0.717, 1.165) is 6.42 Å². The summed E-state index contributed by atoms with van der Waals surface area (Å²) in [5.74, 6) is 0. The molecular weight excluding hydrogens is 391 g/mol. The number of fused-ring (bicyclic) bond motifs is 1. The minimum absolute atomic E-state index is 0. The Labute approximate surface area is 178 Å². The van der Waals surface area contributed by atoms with Crippen LogP contribution in [0.1, 0.15) is 40.2 Å². The van der Waals surface area contributed by atoms with Crippen LogP contribution in [0.2, 0.25) is 0 Å². The van der Waals surface area contributed by atoms with E-state index < -0.39 is 0 Å². The average molecular weight is 420 g/mol. The second-order valence-corrected chi connectivity index (χ2v) is 6.24. The molecule has 0 nitrogen and oxygen atoms in total. The van der Waals surface area contributed by atoms with Gasteiger partial charge in [0.05, 0.1) is 0 Å². The van der Waals surface area contributed by atoms with E-state index in [1.807, 2.05) is 13.8 Å². The van der Waals surface area contributed by atoms with Crippen molar-refractivity contribution in [1.29, 1.82) is 0 Å².